The molecule has 0 unspecified atom stereocenters. The SMILES string of the molecule is Cc1c(C(=O)O)cc2n1CCN(C(=O)C(F)(F)F)C2. The highest BCUT2D eigenvalue weighted by atomic mass is 19.4. The highest BCUT2D eigenvalue weighted by Gasteiger charge is 2.43. The minimum absolute atomic E-state index is 0.0521. The molecule has 0 aromatic carbocycles. The van der Waals surface area contributed by atoms with Gasteiger partial charge in [-0.25, -0.2) is 4.79 Å². The molecule has 1 aliphatic rings. The first kappa shape index (κ1) is 13.4. The fraction of sp³-hybridized carbons (Fsp3) is 0.455. The summed E-state index contributed by atoms with van der Waals surface area (Å²) in [6, 6.07) is 1.31. The number of fused-ring (bicyclic) bond motifs is 1. The van der Waals surface area contributed by atoms with E-state index in [2.05, 4.69) is 0 Å². The molecular formula is C11H11F3N2O3. The van der Waals surface area contributed by atoms with Crippen molar-refractivity contribution in [2.24, 2.45) is 0 Å². The molecule has 0 saturated heterocycles. The highest BCUT2D eigenvalue weighted by Crippen LogP contribution is 2.25. The van der Waals surface area contributed by atoms with Crippen LogP contribution in [0.5, 0.6) is 0 Å². The first-order chi connectivity index (χ1) is 8.71. The van der Waals surface area contributed by atoms with Crippen LogP contribution in [0, 0.1) is 6.92 Å². The molecule has 0 spiro atoms. The van der Waals surface area contributed by atoms with Crippen LogP contribution in [0.4, 0.5) is 13.2 Å². The van der Waals surface area contributed by atoms with Gasteiger partial charge in [0.15, 0.2) is 0 Å². The van der Waals surface area contributed by atoms with E-state index in [1.54, 1.807) is 11.5 Å². The molecule has 1 aromatic rings. The maximum atomic E-state index is 12.3. The number of halogens is 3. The summed E-state index contributed by atoms with van der Waals surface area (Å²) in [6.07, 6.45) is -4.90. The molecule has 19 heavy (non-hydrogen) atoms. The minimum atomic E-state index is -4.90. The maximum absolute atomic E-state index is 12.3. The Morgan fingerprint density at radius 3 is 2.47 bits per heavy atom. The Bertz CT molecular complexity index is 548. The Hall–Kier alpha value is -1.99. The van der Waals surface area contributed by atoms with Crippen LogP contribution in [0.25, 0.3) is 0 Å². The Labute approximate surface area is 106 Å². The zero-order chi connectivity index (χ0) is 14.4. The lowest BCUT2D eigenvalue weighted by Gasteiger charge is -2.29. The van der Waals surface area contributed by atoms with E-state index in [0.29, 0.717) is 16.3 Å². The van der Waals surface area contributed by atoms with Crippen molar-refractivity contribution in [2.75, 3.05) is 6.54 Å². The molecule has 8 heteroatoms. The van der Waals surface area contributed by atoms with Crippen molar-refractivity contribution in [2.45, 2.75) is 26.2 Å². The van der Waals surface area contributed by atoms with Gasteiger partial charge in [-0.1, -0.05) is 0 Å². The van der Waals surface area contributed by atoms with Crippen molar-refractivity contribution in [3.8, 4) is 0 Å². The Kier molecular flexibility index (Phi) is 3.03. The second kappa shape index (κ2) is 4.29. The summed E-state index contributed by atoms with van der Waals surface area (Å²) < 4.78 is 38.6. The summed E-state index contributed by atoms with van der Waals surface area (Å²) in [7, 11) is 0. The number of carbonyl (C=O) groups excluding carboxylic acids is 1. The van der Waals surface area contributed by atoms with E-state index < -0.39 is 18.1 Å². The smallest absolute Gasteiger partial charge is 0.471 e. The first-order valence-electron chi connectivity index (χ1n) is 5.50. The van der Waals surface area contributed by atoms with E-state index in [1.807, 2.05) is 0 Å². The van der Waals surface area contributed by atoms with Crippen molar-refractivity contribution in [3.05, 3.63) is 23.0 Å². The van der Waals surface area contributed by atoms with Gasteiger partial charge in [-0.2, -0.15) is 13.2 Å². The van der Waals surface area contributed by atoms with Gasteiger partial charge in [0.05, 0.1) is 12.1 Å². The van der Waals surface area contributed by atoms with Crippen LogP contribution >= 0.6 is 0 Å². The standard InChI is InChI=1S/C11H11F3N2O3/c1-6-8(9(17)18)4-7-5-15(2-3-16(6)7)10(19)11(12,13)14/h4H,2-3,5H2,1H3,(H,17,18). The molecule has 5 nitrogen and oxygen atoms in total. The van der Waals surface area contributed by atoms with Crippen LogP contribution < -0.4 is 0 Å². The van der Waals surface area contributed by atoms with Crippen LogP contribution in [-0.4, -0.2) is 39.2 Å². The van der Waals surface area contributed by atoms with E-state index in [0.717, 1.165) is 0 Å². The Morgan fingerprint density at radius 2 is 1.95 bits per heavy atom. The van der Waals surface area contributed by atoms with Gasteiger partial charge in [0, 0.05) is 24.5 Å². The third-order valence-corrected chi connectivity index (χ3v) is 3.16. The van der Waals surface area contributed by atoms with E-state index in [-0.39, 0.29) is 25.2 Å². The second-order valence-electron chi connectivity index (χ2n) is 4.32. The number of hydrogen-bond acceptors (Lipinski definition) is 2. The number of rotatable bonds is 1. The normalized spacial score (nSPS) is 15.3. The number of hydrogen-bond donors (Lipinski definition) is 1. The third-order valence-electron chi connectivity index (χ3n) is 3.16. The van der Waals surface area contributed by atoms with Crippen LogP contribution in [-0.2, 0) is 17.9 Å². The minimum Gasteiger partial charge on any atom is -0.478 e. The zero-order valence-corrected chi connectivity index (χ0v) is 9.99. The molecule has 0 bridgehead atoms. The van der Waals surface area contributed by atoms with Gasteiger partial charge in [0.1, 0.15) is 0 Å². The molecule has 1 amide bonds. The van der Waals surface area contributed by atoms with Gasteiger partial charge in [0.2, 0.25) is 0 Å². The van der Waals surface area contributed by atoms with E-state index >= 15 is 0 Å². The fourth-order valence-electron chi connectivity index (χ4n) is 2.22. The summed E-state index contributed by atoms with van der Waals surface area (Å²) in [5.74, 6) is -3.03. The van der Waals surface area contributed by atoms with Crippen molar-refractivity contribution in [1.29, 1.82) is 0 Å². The number of carbonyl (C=O) groups is 2. The average Bonchev–Trinajstić information content (AvgIpc) is 2.64. The van der Waals surface area contributed by atoms with E-state index in [1.165, 1.54) is 6.07 Å². The van der Waals surface area contributed by atoms with Gasteiger partial charge >= 0.3 is 18.1 Å². The molecule has 1 aliphatic heterocycles. The molecule has 0 radical (unpaired) electrons. The number of carboxylic acids is 1. The number of amides is 1. The Balaban J connectivity index is 2.28. The topological polar surface area (TPSA) is 62.5 Å². The molecule has 0 atom stereocenters. The fourth-order valence-corrected chi connectivity index (χ4v) is 2.22. The molecular weight excluding hydrogens is 265 g/mol. The van der Waals surface area contributed by atoms with Gasteiger partial charge in [-0.3, -0.25) is 4.79 Å². The zero-order valence-electron chi connectivity index (χ0n) is 9.99. The van der Waals surface area contributed by atoms with Crippen molar-refractivity contribution < 1.29 is 27.9 Å². The molecule has 0 fully saturated rings. The van der Waals surface area contributed by atoms with Gasteiger partial charge in [-0.15, -0.1) is 0 Å². The summed E-state index contributed by atoms with van der Waals surface area (Å²) in [4.78, 5) is 22.8. The van der Waals surface area contributed by atoms with E-state index in [4.69, 9.17) is 5.11 Å². The van der Waals surface area contributed by atoms with Crippen LogP contribution in [0.1, 0.15) is 21.7 Å². The average molecular weight is 276 g/mol. The maximum Gasteiger partial charge on any atom is 0.471 e. The quantitative estimate of drug-likeness (QED) is 0.843. The summed E-state index contributed by atoms with van der Waals surface area (Å²) >= 11 is 0. The largest absolute Gasteiger partial charge is 0.478 e. The number of aromatic carboxylic acids is 1. The lowest BCUT2D eigenvalue weighted by atomic mass is 10.2. The summed E-state index contributed by atoms with van der Waals surface area (Å²) in [5, 5.41) is 8.95. The van der Waals surface area contributed by atoms with Crippen molar-refractivity contribution >= 4 is 11.9 Å². The van der Waals surface area contributed by atoms with Gasteiger partial charge in [-0.05, 0) is 13.0 Å². The predicted octanol–water partition coefficient (Wildman–Crippen LogP) is 1.40. The predicted molar refractivity (Wildman–Crippen MR) is 57.6 cm³/mol. The van der Waals surface area contributed by atoms with Crippen molar-refractivity contribution in [3.63, 3.8) is 0 Å². The van der Waals surface area contributed by atoms with Crippen molar-refractivity contribution in [1.82, 2.24) is 9.47 Å². The monoisotopic (exact) mass is 276 g/mol. The molecule has 1 N–H and O–H groups in total. The lowest BCUT2D eigenvalue weighted by Crippen LogP contribution is -2.45. The number of carboxylic acid groups (broad SMARTS) is 1. The summed E-state index contributed by atoms with van der Waals surface area (Å²) in [5.41, 5.74) is 0.941. The highest BCUT2D eigenvalue weighted by molar-refractivity contribution is 5.89. The number of nitrogens with zero attached hydrogens (tertiary/aromatic N) is 2. The third kappa shape index (κ3) is 2.29. The van der Waals surface area contributed by atoms with Gasteiger partial charge in [0.25, 0.3) is 0 Å². The van der Waals surface area contributed by atoms with E-state index in [9.17, 15) is 22.8 Å². The molecule has 0 saturated carbocycles. The molecule has 1 aromatic heterocycles. The molecule has 2 heterocycles. The molecule has 2 rings (SSSR count). The summed E-state index contributed by atoms with van der Waals surface area (Å²) in [6.45, 7) is 1.44. The number of alkyl halides is 3. The van der Waals surface area contributed by atoms with Crippen LogP contribution in [0.15, 0.2) is 6.07 Å². The van der Waals surface area contributed by atoms with Crippen LogP contribution in [0.2, 0.25) is 0 Å². The number of aromatic nitrogens is 1. The Morgan fingerprint density at radius 1 is 1.32 bits per heavy atom. The second-order valence-corrected chi connectivity index (χ2v) is 4.32. The molecule has 104 valence electrons. The van der Waals surface area contributed by atoms with Gasteiger partial charge < -0.3 is 14.6 Å². The van der Waals surface area contributed by atoms with Crippen LogP contribution in [0.3, 0.4) is 0 Å². The first-order valence-corrected chi connectivity index (χ1v) is 5.50. The molecule has 0 aliphatic carbocycles. The lowest BCUT2D eigenvalue weighted by molar-refractivity contribution is -0.186.